The smallest absolute Gasteiger partial charge is 0.356 e. The van der Waals surface area contributed by atoms with Crippen molar-refractivity contribution in [2.75, 3.05) is 20.3 Å². The molecule has 0 bridgehead atoms. The van der Waals surface area contributed by atoms with Crippen molar-refractivity contribution in [3.05, 3.63) is 28.4 Å². The predicted molar refractivity (Wildman–Crippen MR) is 90.4 cm³/mol. The summed E-state index contributed by atoms with van der Waals surface area (Å²) in [7, 11) is -2.78. The molecule has 0 fully saturated rings. The molecule has 1 aromatic rings. The molecular weight excluding hydrogens is 331 g/mol. The summed E-state index contributed by atoms with van der Waals surface area (Å²) in [5.74, 6) is -0.0674. The molecule has 1 aliphatic rings. The van der Waals surface area contributed by atoms with Gasteiger partial charge in [-0.05, 0) is 42.5 Å². The highest BCUT2D eigenvalue weighted by atomic mass is 31.2. The summed E-state index contributed by atoms with van der Waals surface area (Å²) in [5.41, 5.74) is 0.891. The van der Waals surface area contributed by atoms with Gasteiger partial charge in [0.2, 0.25) is 5.91 Å². The number of aromatic nitrogens is 1. The van der Waals surface area contributed by atoms with E-state index >= 15 is 0 Å². The Labute approximate surface area is 141 Å². The number of amides is 1. The van der Waals surface area contributed by atoms with E-state index in [1.807, 2.05) is 6.07 Å². The average molecular weight is 354 g/mol. The average Bonchev–Trinajstić information content (AvgIpc) is 2.58. The monoisotopic (exact) mass is 354 g/mol. The minimum atomic E-state index is -3.90. The molecule has 1 aromatic heterocycles. The highest BCUT2D eigenvalue weighted by Gasteiger charge is 2.17. The van der Waals surface area contributed by atoms with E-state index in [2.05, 4.69) is 27.0 Å². The molecular formula is C16H23N2O5P. The van der Waals surface area contributed by atoms with Crippen LogP contribution in [0, 0.1) is 0 Å². The van der Waals surface area contributed by atoms with Crippen LogP contribution in [0.3, 0.4) is 0 Å². The van der Waals surface area contributed by atoms with Gasteiger partial charge in [0.25, 0.3) is 0 Å². The van der Waals surface area contributed by atoms with Crippen LogP contribution >= 0.6 is 7.82 Å². The van der Waals surface area contributed by atoms with Crippen LogP contribution in [0.4, 0.5) is 0 Å². The Hall–Kier alpha value is -1.53. The van der Waals surface area contributed by atoms with Crippen molar-refractivity contribution < 1.29 is 23.3 Å². The lowest BCUT2D eigenvalue weighted by atomic mass is 10.1. The second-order valence-corrected chi connectivity index (χ2v) is 7.08. The van der Waals surface area contributed by atoms with Gasteiger partial charge >= 0.3 is 7.82 Å². The Morgan fingerprint density at radius 2 is 2.17 bits per heavy atom. The van der Waals surface area contributed by atoms with Gasteiger partial charge < -0.3 is 10.2 Å². The summed E-state index contributed by atoms with van der Waals surface area (Å²) in [6, 6.07) is 2.01. The molecule has 8 heteroatoms. The molecule has 24 heavy (non-hydrogen) atoms. The number of nitrogens with one attached hydrogen (secondary N) is 1. The Balaban J connectivity index is 1.68. The first-order chi connectivity index (χ1) is 11.5. The van der Waals surface area contributed by atoms with Crippen LogP contribution < -0.4 is 15.9 Å². The molecule has 0 saturated heterocycles. The third kappa shape index (κ3) is 6.17. The number of fused-ring (bicyclic) bond motifs is 1. The first kappa shape index (κ1) is 18.8. The van der Waals surface area contributed by atoms with E-state index in [0.29, 0.717) is 25.8 Å². The maximum Gasteiger partial charge on any atom is 0.471 e. The van der Waals surface area contributed by atoms with Crippen molar-refractivity contribution in [3.8, 4) is 0 Å². The minimum Gasteiger partial charge on any atom is -0.356 e. The Bertz CT molecular complexity index is 734. The zero-order valence-corrected chi connectivity index (χ0v) is 14.6. The van der Waals surface area contributed by atoms with Gasteiger partial charge in [-0.1, -0.05) is 12.2 Å². The Morgan fingerprint density at radius 3 is 2.96 bits per heavy atom. The van der Waals surface area contributed by atoms with Crippen molar-refractivity contribution in [1.29, 1.82) is 0 Å². The number of nitrogens with zero attached hydrogens (tertiary/aromatic N) is 1. The first-order valence-corrected chi connectivity index (χ1v) is 9.45. The molecule has 0 saturated carbocycles. The molecule has 0 spiro atoms. The van der Waals surface area contributed by atoms with Crippen LogP contribution in [0.15, 0.2) is 12.3 Å². The third-order valence-corrected chi connectivity index (χ3v) is 4.59. The van der Waals surface area contributed by atoms with Crippen molar-refractivity contribution in [1.82, 2.24) is 10.3 Å². The number of phosphoric acid groups is 1. The minimum absolute atomic E-state index is 0.0674. The van der Waals surface area contributed by atoms with Crippen LogP contribution in [0.2, 0.25) is 0 Å². The lowest BCUT2D eigenvalue weighted by Gasteiger charge is -2.09. The van der Waals surface area contributed by atoms with Crippen molar-refractivity contribution in [3.63, 3.8) is 0 Å². The molecule has 0 aromatic carbocycles. The van der Waals surface area contributed by atoms with Crippen LogP contribution in [0.25, 0.3) is 12.2 Å². The van der Waals surface area contributed by atoms with Gasteiger partial charge in [-0.25, -0.2) is 4.57 Å². The molecule has 132 valence electrons. The van der Waals surface area contributed by atoms with E-state index < -0.39 is 7.82 Å². The quantitative estimate of drug-likeness (QED) is 0.499. The number of hydrogen-bond acceptors (Lipinski definition) is 5. The Kier molecular flexibility index (Phi) is 7.12. The number of carbonyl (C=O) groups excluding carboxylic acids is 1. The lowest BCUT2D eigenvalue weighted by molar-refractivity contribution is -0.120. The van der Waals surface area contributed by atoms with Gasteiger partial charge in [0.1, 0.15) is 0 Å². The van der Waals surface area contributed by atoms with Crippen molar-refractivity contribution in [2.24, 2.45) is 0 Å². The maximum atomic E-state index is 11.9. The van der Waals surface area contributed by atoms with Gasteiger partial charge in [0.15, 0.2) is 0 Å². The Morgan fingerprint density at radius 1 is 1.38 bits per heavy atom. The molecule has 1 unspecified atom stereocenters. The van der Waals surface area contributed by atoms with Gasteiger partial charge in [0.05, 0.1) is 18.4 Å². The standard InChI is InChI=1S/C16H23N2O5P/c1-22-24(20,21)23-9-5-4-8-17-16(19)11-13-10-14-6-2-3-7-15(14)18-12-13/h6-7,10,12H,2-5,8-9,11H2,1H3,(H,17,19)(H,20,21). The van der Waals surface area contributed by atoms with Crippen LogP contribution in [0.5, 0.6) is 0 Å². The first-order valence-electron chi connectivity index (χ1n) is 7.95. The summed E-state index contributed by atoms with van der Waals surface area (Å²) in [6.07, 6.45) is 9.52. The summed E-state index contributed by atoms with van der Waals surface area (Å²) >= 11 is 0. The molecule has 0 radical (unpaired) electrons. The summed E-state index contributed by atoms with van der Waals surface area (Å²) in [4.78, 5) is 25.4. The van der Waals surface area contributed by atoms with E-state index in [-0.39, 0.29) is 12.5 Å². The second kappa shape index (κ2) is 9.08. The van der Waals surface area contributed by atoms with Crippen molar-refractivity contribution in [2.45, 2.75) is 32.1 Å². The normalized spacial score (nSPS) is 15.6. The van der Waals surface area contributed by atoms with Crippen LogP contribution in [-0.2, 0) is 24.8 Å². The number of phosphoric ester groups is 1. The van der Waals surface area contributed by atoms with Crippen LogP contribution in [0.1, 0.15) is 31.2 Å². The second-order valence-electron chi connectivity index (χ2n) is 5.52. The lowest BCUT2D eigenvalue weighted by Crippen LogP contribution is -2.32. The molecule has 1 atom stereocenters. The fraction of sp³-hybridized carbons (Fsp3) is 0.500. The van der Waals surface area contributed by atoms with Crippen LogP contribution in [-0.4, -0.2) is 36.0 Å². The van der Waals surface area contributed by atoms with Crippen molar-refractivity contribution >= 4 is 25.9 Å². The number of unbranched alkanes of at least 4 members (excludes halogenated alkanes) is 1. The molecule has 1 amide bonds. The van der Waals surface area contributed by atoms with E-state index in [1.54, 1.807) is 6.20 Å². The molecule has 2 rings (SSSR count). The number of hydrogen-bond donors (Lipinski definition) is 2. The fourth-order valence-electron chi connectivity index (χ4n) is 2.36. The van der Waals surface area contributed by atoms with Gasteiger partial charge in [0, 0.05) is 19.9 Å². The molecule has 2 N–H and O–H groups in total. The highest BCUT2D eigenvalue weighted by Crippen LogP contribution is 2.41. The predicted octanol–water partition coefficient (Wildman–Crippen LogP) is 0.639. The zero-order chi connectivity index (χ0) is 17.4. The van der Waals surface area contributed by atoms with Gasteiger partial charge in [-0.15, -0.1) is 0 Å². The highest BCUT2D eigenvalue weighted by molar-refractivity contribution is 7.47. The van der Waals surface area contributed by atoms with E-state index in [1.165, 1.54) is 0 Å². The zero-order valence-electron chi connectivity index (χ0n) is 13.7. The molecule has 1 aliphatic carbocycles. The molecule has 1 heterocycles. The summed E-state index contributed by atoms with van der Waals surface area (Å²) < 4.78 is 20.1. The van der Waals surface area contributed by atoms with E-state index in [9.17, 15) is 9.36 Å². The topological polar surface area (TPSA) is 97.8 Å². The number of pyridine rings is 1. The van der Waals surface area contributed by atoms with E-state index in [0.717, 1.165) is 36.1 Å². The fourth-order valence-corrected chi connectivity index (χ4v) is 2.83. The van der Waals surface area contributed by atoms with E-state index in [4.69, 9.17) is 9.42 Å². The number of carbonyl (C=O) groups is 1. The largest absolute Gasteiger partial charge is 0.471 e. The maximum absolute atomic E-state index is 11.9. The molecule has 0 aliphatic heterocycles. The summed E-state index contributed by atoms with van der Waals surface area (Å²) in [6.45, 7) is 0.599. The summed E-state index contributed by atoms with van der Waals surface area (Å²) in [5, 5.41) is 4.90. The number of rotatable bonds is 9. The van der Waals surface area contributed by atoms with Gasteiger partial charge in [-0.2, -0.15) is 0 Å². The SMILES string of the molecule is COP(=O)(O)OCCCCNC(=O)Cc1cnc2c(c1)=CCCC=2. The molecule has 7 nitrogen and oxygen atoms in total. The third-order valence-electron chi connectivity index (χ3n) is 3.62. The van der Waals surface area contributed by atoms with Gasteiger partial charge in [-0.3, -0.25) is 18.8 Å².